The van der Waals surface area contributed by atoms with Crippen molar-refractivity contribution in [2.24, 2.45) is 7.05 Å². The molecule has 2 N–H and O–H groups in total. The van der Waals surface area contributed by atoms with Gasteiger partial charge in [0.15, 0.2) is 9.84 Å². The Morgan fingerprint density at radius 1 is 1.44 bits per heavy atom. The minimum Gasteiger partial charge on any atom is -0.383 e. The summed E-state index contributed by atoms with van der Waals surface area (Å²) in [7, 11) is 0.512. The summed E-state index contributed by atoms with van der Waals surface area (Å²) in [6.07, 6.45) is 0.466. The molecule has 0 radical (unpaired) electrons. The van der Waals surface area contributed by atoms with E-state index >= 15 is 0 Å². The molecule has 1 saturated heterocycles. The fourth-order valence-electron chi connectivity index (χ4n) is 2.94. The predicted molar refractivity (Wildman–Crippen MR) is 95.6 cm³/mol. The summed E-state index contributed by atoms with van der Waals surface area (Å²) in [5.74, 6) is 0.571. The van der Waals surface area contributed by atoms with Crippen LogP contribution in [0.3, 0.4) is 0 Å². The lowest BCUT2D eigenvalue weighted by Gasteiger charge is -2.10. The molecule has 1 aromatic heterocycles. The van der Waals surface area contributed by atoms with E-state index in [-0.39, 0.29) is 23.5 Å². The molecule has 1 fully saturated rings. The molecule has 8 nitrogen and oxygen atoms in total. The highest BCUT2D eigenvalue weighted by atomic mass is 32.2. The van der Waals surface area contributed by atoms with E-state index < -0.39 is 9.84 Å². The van der Waals surface area contributed by atoms with Crippen LogP contribution >= 0.6 is 0 Å². The maximum Gasteiger partial charge on any atom is 0.251 e. The number of hydrogen-bond donors (Lipinski definition) is 2. The van der Waals surface area contributed by atoms with E-state index in [9.17, 15) is 13.2 Å². The van der Waals surface area contributed by atoms with E-state index in [1.807, 2.05) is 17.7 Å². The molecule has 0 saturated carbocycles. The average Bonchev–Trinajstić information content (AvgIpc) is 3.07. The van der Waals surface area contributed by atoms with Gasteiger partial charge in [-0.25, -0.2) is 13.4 Å². The summed E-state index contributed by atoms with van der Waals surface area (Å²) in [5.41, 5.74) is 2.08. The summed E-state index contributed by atoms with van der Waals surface area (Å²) < 4.78 is 29.9. The van der Waals surface area contributed by atoms with Crippen LogP contribution in [-0.4, -0.2) is 61.7 Å². The van der Waals surface area contributed by atoms with Crippen LogP contribution in [0.5, 0.6) is 0 Å². The lowest BCUT2D eigenvalue weighted by atomic mass is 10.1. The number of nitrogens with one attached hydrogen (secondary N) is 2. The second-order valence-corrected chi connectivity index (χ2v) is 8.42. The molecule has 0 spiro atoms. The summed E-state index contributed by atoms with van der Waals surface area (Å²) in [6, 6.07) is 4.96. The summed E-state index contributed by atoms with van der Waals surface area (Å²) in [5, 5.41) is 5.97. The Morgan fingerprint density at radius 2 is 2.24 bits per heavy atom. The Bertz CT molecular complexity index is 891. The van der Waals surface area contributed by atoms with E-state index in [1.54, 1.807) is 19.2 Å². The second-order valence-electron chi connectivity index (χ2n) is 6.19. The maximum absolute atomic E-state index is 12.4. The molecule has 1 aliphatic heterocycles. The molecule has 1 atom stereocenters. The number of amides is 1. The third-order valence-electron chi connectivity index (χ3n) is 4.30. The highest BCUT2D eigenvalue weighted by Crippen LogP contribution is 2.20. The fourth-order valence-corrected chi connectivity index (χ4v) is 4.61. The highest BCUT2D eigenvalue weighted by Gasteiger charge is 2.29. The number of methoxy groups -OCH3 is 1. The average molecular weight is 366 g/mol. The lowest BCUT2D eigenvalue weighted by molar-refractivity contribution is 0.0941. The van der Waals surface area contributed by atoms with Crippen LogP contribution in [0.4, 0.5) is 5.95 Å². The second kappa shape index (κ2) is 7.01. The molecule has 2 heterocycles. The first-order valence-electron chi connectivity index (χ1n) is 8.10. The van der Waals surface area contributed by atoms with E-state index in [4.69, 9.17) is 4.74 Å². The summed E-state index contributed by atoms with van der Waals surface area (Å²) >= 11 is 0. The molecule has 3 rings (SSSR count). The van der Waals surface area contributed by atoms with Crippen LogP contribution in [0.2, 0.25) is 0 Å². The van der Waals surface area contributed by atoms with Crippen LogP contribution in [0.15, 0.2) is 18.2 Å². The van der Waals surface area contributed by atoms with Gasteiger partial charge in [0, 0.05) is 32.3 Å². The number of rotatable bonds is 6. The Morgan fingerprint density at radius 3 is 2.92 bits per heavy atom. The highest BCUT2D eigenvalue weighted by molar-refractivity contribution is 7.91. The number of benzene rings is 1. The number of anilines is 1. The monoisotopic (exact) mass is 366 g/mol. The van der Waals surface area contributed by atoms with Gasteiger partial charge in [-0.2, -0.15) is 0 Å². The summed E-state index contributed by atoms with van der Waals surface area (Å²) in [4.78, 5) is 16.9. The van der Waals surface area contributed by atoms with E-state index in [1.165, 1.54) is 0 Å². The molecule has 0 aliphatic carbocycles. The number of ether oxygens (including phenoxy) is 1. The molecule has 0 unspecified atom stereocenters. The predicted octanol–water partition coefficient (Wildman–Crippen LogP) is 0.549. The number of imidazole rings is 1. The van der Waals surface area contributed by atoms with Crippen molar-refractivity contribution in [3.8, 4) is 0 Å². The lowest BCUT2D eigenvalue weighted by Crippen LogP contribution is -2.35. The van der Waals surface area contributed by atoms with E-state index in [2.05, 4.69) is 15.6 Å². The van der Waals surface area contributed by atoms with Crippen LogP contribution in [-0.2, 0) is 21.6 Å². The SMILES string of the molecule is COCCNc1nc2cc(C(=O)N[C@@H]3CCS(=O)(=O)C3)ccc2n1C. The minimum absolute atomic E-state index is 0.0120. The van der Waals surface area contributed by atoms with Crippen molar-refractivity contribution in [3.63, 3.8) is 0 Å². The summed E-state index contributed by atoms with van der Waals surface area (Å²) in [6.45, 7) is 1.21. The third kappa shape index (κ3) is 3.93. The molecule has 1 amide bonds. The Labute approximate surface area is 146 Å². The first-order valence-corrected chi connectivity index (χ1v) is 9.92. The van der Waals surface area contributed by atoms with Crippen molar-refractivity contribution in [1.82, 2.24) is 14.9 Å². The van der Waals surface area contributed by atoms with Crippen molar-refractivity contribution >= 4 is 32.7 Å². The molecule has 0 bridgehead atoms. The zero-order valence-electron chi connectivity index (χ0n) is 14.3. The van der Waals surface area contributed by atoms with Crippen molar-refractivity contribution in [1.29, 1.82) is 0 Å². The van der Waals surface area contributed by atoms with Gasteiger partial charge in [-0.3, -0.25) is 4.79 Å². The maximum atomic E-state index is 12.4. The number of aryl methyl sites for hydroxylation is 1. The fraction of sp³-hybridized carbons (Fsp3) is 0.500. The van der Waals surface area contributed by atoms with Gasteiger partial charge < -0.3 is 19.9 Å². The van der Waals surface area contributed by atoms with Crippen molar-refractivity contribution in [3.05, 3.63) is 23.8 Å². The van der Waals surface area contributed by atoms with Gasteiger partial charge in [0.1, 0.15) is 0 Å². The number of fused-ring (bicyclic) bond motifs is 1. The van der Waals surface area contributed by atoms with Crippen LogP contribution < -0.4 is 10.6 Å². The van der Waals surface area contributed by atoms with Gasteiger partial charge in [0.05, 0.1) is 29.1 Å². The van der Waals surface area contributed by atoms with Gasteiger partial charge in [0.2, 0.25) is 5.95 Å². The molecule has 2 aromatic rings. The van der Waals surface area contributed by atoms with E-state index in [0.717, 1.165) is 5.52 Å². The van der Waals surface area contributed by atoms with Crippen LogP contribution in [0.25, 0.3) is 11.0 Å². The number of carbonyl (C=O) groups excluding carboxylic acids is 1. The van der Waals surface area contributed by atoms with Gasteiger partial charge >= 0.3 is 0 Å². The van der Waals surface area contributed by atoms with Crippen molar-refractivity contribution < 1.29 is 17.9 Å². The van der Waals surface area contributed by atoms with Gasteiger partial charge in [-0.1, -0.05) is 0 Å². The Hall–Kier alpha value is -2.13. The number of sulfone groups is 1. The first kappa shape index (κ1) is 17.7. The topological polar surface area (TPSA) is 102 Å². The normalized spacial score (nSPS) is 19.2. The zero-order chi connectivity index (χ0) is 18.0. The number of hydrogen-bond acceptors (Lipinski definition) is 6. The standard InChI is InChI=1S/C16H22N4O4S/c1-20-14-4-3-11(9-13(14)19-16(20)17-6-7-24-2)15(21)18-12-5-8-25(22,23)10-12/h3-4,9,12H,5-8,10H2,1-2H3,(H,17,19)(H,18,21)/t12-/m1/s1. The van der Waals surface area contributed by atoms with E-state index in [0.29, 0.717) is 36.6 Å². The number of aromatic nitrogens is 2. The molecular weight excluding hydrogens is 344 g/mol. The molecule has 136 valence electrons. The van der Waals surface area contributed by atoms with Crippen LogP contribution in [0.1, 0.15) is 16.8 Å². The van der Waals surface area contributed by atoms with Crippen molar-refractivity contribution in [2.75, 3.05) is 37.1 Å². The van der Waals surface area contributed by atoms with Crippen molar-refractivity contribution in [2.45, 2.75) is 12.5 Å². The molecule has 1 aliphatic rings. The quantitative estimate of drug-likeness (QED) is 0.724. The molecule has 9 heteroatoms. The number of carbonyl (C=O) groups is 1. The Kier molecular flexibility index (Phi) is 4.96. The minimum atomic E-state index is -3.02. The largest absolute Gasteiger partial charge is 0.383 e. The molecular formula is C16H22N4O4S. The molecule has 1 aromatic carbocycles. The zero-order valence-corrected chi connectivity index (χ0v) is 15.1. The van der Waals surface area contributed by atoms with Gasteiger partial charge in [-0.05, 0) is 24.6 Å². The van der Waals surface area contributed by atoms with Gasteiger partial charge in [-0.15, -0.1) is 0 Å². The third-order valence-corrected chi connectivity index (χ3v) is 6.07. The number of nitrogens with zero attached hydrogens (tertiary/aromatic N) is 2. The van der Waals surface area contributed by atoms with Gasteiger partial charge in [0.25, 0.3) is 5.91 Å². The first-order chi connectivity index (χ1) is 11.9. The van der Waals surface area contributed by atoms with Crippen LogP contribution in [0, 0.1) is 0 Å². The molecule has 25 heavy (non-hydrogen) atoms. The smallest absolute Gasteiger partial charge is 0.251 e. The Balaban J connectivity index is 1.75.